The zero-order valence-corrected chi connectivity index (χ0v) is 16.9. The van der Waals surface area contributed by atoms with Gasteiger partial charge in [0, 0.05) is 11.7 Å². The normalized spacial score (nSPS) is 14.0. The van der Waals surface area contributed by atoms with Crippen molar-refractivity contribution in [3.8, 4) is 0 Å². The van der Waals surface area contributed by atoms with Crippen LogP contribution in [0.15, 0.2) is 53.4 Å². The summed E-state index contributed by atoms with van der Waals surface area (Å²) in [7, 11) is -3.71. The molecule has 0 aromatic heterocycles. The van der Waals surface area contributed by atoms with Gasteiger partial charge in [-0.3, -0.25) is 10.1 Å². The fraction of sp³-hybridized carbons (Fsp3) is 0.350. The van der Waals surface area contributed by atoms with E-state index in [4.69, 9.17) is 5.14 Å². The summed E-state index contributed by atoms with van der Waals surface area (Å²) in [6, 6.07) is 13.5. The predicted octanol–water partition coefficient (Wildman–Crippen LogP) is 3.14. The number of hydrogen-bond donors (Lipinski definition) is 3. The second-order valence-corrected chi connectivity index (χ2v) is 8.55. The van der Waals surface area contributed by atoms with Crippen molar-refractivity contribution in [2.24, 2.45) is 5.14 Å². The molecule has 0 unspecified atom stereocenters. The van der Waals surface area contributed by atoms with Gasteiger partial charge in [-0.15, -0.1) is 0 Å². The Morgan fingerprint density at radius 2 is 1.41 bits per heavy atom. The van der Waals surface area contributed by atoms with Gasteiger partial charge in [0.2, 0.25) is 15.9 Å². The van der Waals surface area contributed by atoms with Crippen LogP contribution >= 0.6 is 0 Å². The number of anilines is 1. The second-order valence-electron chi connectivity index (χ2n) is 6.99. The lowest BCUT2D eigenvalue weighted by molar-refractivity contribution is -0.117. The molecular weight excluding hydrogens is 362 g/mol. The average Bonchev–Trinajstić information content (AvgIpc) is 2.61. The Kier molecular flexibility index (Phi) is 6.75. The molecule has 0 radical (unpaired) electrons. The quantitative estimate of drug-likeness (QED) is 0.677. The molecule has 0 saturated carbocycles. The molecule has 0 saturated heterocycles. The molecule has 146 valence electrons. The monoisotopic (exact) mass is 389 g/mol. The van der Waals surface area contributed by atoms with Gasteiger partial charge in [0.05, 0.1) is 10.9 Å². The first-order valence-electron chi connectivity index (χ1n) is 8.87. The van der Waals surface area contributed by atoms with Gasteiger partial charge in [-0.1, -0.05) is 38.1 Å². The van der Waals surface area contributed by atoms with Crippen LogP contribution < -0.4 is 15.8 Å². The van der Waals surface area contributed by atoms with E-state index in [1.54, 1.807) is 19.1 Å². The highest BCUT2D eigenvalue weighted by atomic mass is 32.2. The van der Waals surface area contributed by atoms with E-state index in [1.165, 1.54) is 17.7 Å². The Morgan fingerprint density at radius 1 is 0.889 bits per heavy atom. The Morgan fingerprint density at radius 3 is 1.89 bits per heavy atom. The Hall–Kier alpha value is -2.22. The number of nitrogens with two attached hydrogens (primary N) is 1. The number of carbonyl (C=O) groups excluding carboxylic acids is 1. The maximum absolute atomic E-state index is 12.4. The molecular formula is C20H27N3O3S. The maximum Gasteiger partial charge on any atom is 0.241 e. The first-order chi connectivity index (χ1) is 12.6. The average molecular weight is 390 g/mol. The van der Waals surface area contributed by atoms with E-state index in [0.717, 1.165) is 11.3 Å². The summed E-state index contributed by atoms with van der Waals surface area (Å²) >= 11 is 0. The molecule has 2 aromatic carbocycles. The summed E-state index contributed by atoms with van der Waals surface area (Å²) < 4.78 is 22.6. The lowest BCUT2D eigenvalue weighted by atomic mass is 10.0. The van der Waals surface area contributed by atoms with E-state index in [1.807, 2.05) is 31.2 Å². The first kappa shape index (κ1) is 21.1. The summed E-state index contributed by atoms with van der Waals surface area (Å²) in [4.78, 5) is 12.5. The van der Waals surface area contributed by atoms with Gasteiger partial charge in [0.15, 0.2) is 0 Å². The molecule has 1 amide bonds. The van der Waals surface area contributed by atoms with Crippen LogP contribution in [0.1, 0.15) is 50.8 Å². The molecule has 0 bridgehead atoms. The van der Waals surface area contributed by atoms with Crippen LogP contribution in [0.25, 0.3) is 0 Å². The SMILES string of the molecule is CC(C)c1ccc(NC(=O)[C@H](C)N[C@H](C)c2ccc(S(N)(=O)=O)cc2)cc1. The van der Waals surface area contributed by atoms with Gasteiger partial charge in [0.1, 0.15) is 0 Å². The van der Waals surface area contributed by atoms with E-state index >= 15 is 0 Å². The number of hydrogen-bond acceptors (Lipinski definition) is 4. The minimum Gasteiger partial charge on any atom is -0.325 e. The van der Waals surface area contributed by atoms with Crippen molar-refractivity contribution < 1.29 is 13.2 Å². The molecule has 6 nitrogen and oxygen atoms in total. The molecule has 7 heteroatoms. The number of rotatable bonds is 7. The van der Waals surface area contributed by atoms with Crippen molar-refractivity contribution in [1.82, 2.24) is 5.32 Å². The molecule has 0 aliphatic rings. The summed E-state index contributed by atoms with van der Waals surface area (Å²) in [6.07, 6.45) is 0. The zero-order chi connectivity index (χ0) is 20.2. The molecule has 0 heterocycles. The van der Waals surface area contributed by atoms with Crippen LogP contribution in [0.2, 0.25) is 0 Å². The van der Waals surface area contributed by atoms with Crippen LogP contribution in [-0.4, -0.2) is 20.4 Å². The second kappa shape index (κ2) is 8.65. The molecule has 2 atom stereocenters. The molecule has 2 aromatic rings. The van der Waals surface area contributed by atoms with Crippen molar-refractivity contribution >= 4 is 21.6 Å². The van der Waals surface area contributed by atoms with Crippen LogP contribution in [-0.2, 0) is 14.8 Å². The molecule has 0 aliphatic carbocycles. The van der Waals surface area contributed by atoms with E-state index in [-0.39, 0.29) is 16.8 Å². The molecule has 4 N–H and O–H groups in total. The number of sulfonamides is 1. The van der Waals surface area contributed by atoms with Gasteiger partial charge < -0.3 is 5.32 Å². The van der Waals surface area contributed by atoms with Crippen molar-refractivity contribution in [2.75, 3.05) is 5.32 Å². The van der Waals surface area contributed by atoms with Crippen LogP contribution in [0.5, 0.6) is 0 Å². The Labute approximate surface area is 161 Å². The topological polar surface area (TPSA) is 101 Å². The first-order valence-corrected chi connectivity index (χ1v) is 10.4. The van der Waals surface area contributed by atoms with E-state index in [2.05, 4.69) is 24.5 Å². The largest absolute Gasteiger partial charge is 0.325 e. The summed E-state index contributed by atoms with van der Waals surface area (Å²) in [5, 5.41) is 11.2. The minimum absolute atomic E-state index is 0.0640. The third kappa shape index (κ3) is 5.89. The lowest BCUT2D eigenvalue weighted by Gasteiger charge is -2.20. The zero-order valence-electron chi connectivity index (χ0n) is 16.1. The van der Waals surface area contributed by atoms with Gasteiger partial charge in [-0.2, -0.15) is 0 Å². The minimum atomic E-state index is -3.71. The van der Waals surface area contributed by atoms with E-state index < -0.39 is 16.1 Å². The highest BCUT2D eigenvalue weighted by molar-refractivity contribution is 7.89. The molecule has 27 heavy (non-hydrogen) atoms. The van der Waals surface area contributed by atoms with E-state index in [9.17, 15) is 13.2 Å². The highest BCUT2D eigenvalue weighted by Gasteiger charge is 2.17. The number of nitrogens with one attached hydrogen (secondary N) is 2. The molecule has 0 fully saturated rings. The standard InChI is InChI=1S/C20H27N3O3S/c1-13(2)16-5-9-18(10-6-16)23-20(24)15(4)22-14(3)17-7-11-19(12-8-17)27(21,25)26/h5-15,22H,1-4H3,(H,23,24)(H2,21,25,26)/t14-,15+/m1/s1. The van der Waals surface area contributed by atoms with Gasteiger partial charge in [-0.25, -0.2) is 13.6 Å². The van der Waals surface area contributed by atoms with Crippen LogP contribution in [0.3, 0.4) is 0 Å². The van der Waals surface area contributed by atoms with Gasteiger partial charge >= 0.3 is 0 Å². The summed E-state index contributed by atoms with van der Waals surface area (Å²) in [6.45, 7) is 7.94. The van der Waals surface area contributed by atoms with Crippen LogP contribution in [0, 0.1) is 0 Å². The predicted molar refractivity (Wildman–Crippen MR) is 108 cm³/mol. The van der Waals surface area contributed by atoms with Crippen molar-refractivity contribution in [3.05, 3.63) is 59.7 Å². The number of amides is 1. The summed E-state index contributed by atoms with van der Waals surface area (Å²) in [5.41, 5.74) is 2.84. The van der Waals surface area contributed by atoms with Crippen LogP contribution in [0.4, 0.5) is 5.69 Å². The maximum atomic E-state index is 12.4. The summed E-state index contributed by atoms with van der Waals surface area (Å²) in [5.74, 6) is 0.303. The lowest BCUT2D eigenvalue weighted by Crippen LogP contribution is -2.39. The fourth-order valence-corrected chi connectivity index (χ4v) is 3.21. The number of benzene rings is 2. The third-order valence-electron chi connectivity index (χ3n) is 4.45. The number of primary sulfonamides is 1. The van der Waals surface area contributed by atoms with E-state index in [0.29, 0.717) is 5.92 Å². The van der Waals surface area contributed by atoms with Gasteiger partial charge in [0.25, 0.3) is 0 Å². The third-order valence-corrected chi connectivity index (χ3v) is 5.38. The number of carbonyl (C=O) groups is 1. The molecule has 0 spiro atoms. The fourth-order valence-electron chi connectivity index (χ4n) is 2.69. The highest BCUT2D eigenvalue weighted by Crippen LogP contribution is 2.18. The smallest absolute Gasteiger partial charge is 0.241 e. The van der Waals surface area contributed by atoms with Crippen molar-refractivity contribution in [1.29, 1.82) is 0 Å². The Balaban J connectivity index is 1.96. The van der Waals surface area contributed by atoms with Crippen molar-refractivity contribution in [3.63, 3.8) is 0 Å². The molecule has 2 rings (SSSR count). The van der Waals surface area contributed by atoms with Crippen molar-refractivity contribution in [2.45, 2.75) is 50.6 Å². The Bertz CT molecular complexity index is 876. The molecule has 0 aliphatic heterocycles. The van der Waals surface area contributed by atoms with Gasteiger partial charge in [-0.05, 0) is 55.2 Å².